The zero-order chi connectivity index (χ0) is 22.3. The predicted molar refractivity (Wildman–Crippen MR) is 120 cm³/mol. The smallest absolute Gasteiger partial charge is 0.233 e. The number of benzene rings is 1. The summed E-state index contributed by atoms with van der Waals surface area (Å²) in [4.78, 5) is 21.2. The maximum Gasteiger partial charge on any atom is 0.233 e. The molecule has 0 aliphatic carbocycles. The lowest BCUT2D eigenvalue weighted by atomic mass is 10.0. The van der Waals surface area contributed by atoms with Gasteiger partial charge in [-0.3, -0.25) is 10.0 Å². The Balaban J connectivity index is 1.63. The van der Waals surface area contributed by atoms with Crippen molar-refractivity contribution in [3.05, 3.63) is 53.0 Å². The minimum Gasteiger partial charge on any atom is -0.369 e. The number of hydrogen-bond acceptors (Lipinski definition) is 7. The van der Waals surface area contributed by atoms with E-state index in [4.69, 9.17) is 0 Å². The highest BCUT2D eigenvalue weighted by Crippen LogP contribution is 2.24. The predicted octanol–water partition coefficient (Wildman–Crippen LogP) is 2.10. The molecule has 168 valence electrons. The van der Waals surface area contributed by atoms with Crippen LogP contribution in [0.25, 0.3) is 0 Å². The summed E-state index contributed by atoms with van der Waals surface area (Å²) in [5.41, 5.74) is 1.07. The Hall–Kier alpha value is -2.08. The molecule has 1 aliphatic heterocycles. The first-order chi connectivity index (χ1) is 14.9. The fourth-order valence-corrected chi connectivity index (χ4v) is 5.62. The number of nitrogens with zero attached hydrogens (tertiary/aromatic N) is 5. The van der Waals surface area contributed by atoms with E-state index in [1.165, 1.54) is 4.31 Å². The van der Waals surface area contributed by atoms with Crippen molar-refractivity contribution in [3.63, 3.8) is 0 Å². The van der Waals surface area contributed by atoms with Crippen LogP contribution in [-0.2, 0) is 14.8 Å². The second-order valence-electron chi connectivity index (χ2n) is 7.36. The second kappa shape index (κ2) is 11.0. The van der Waals surface area contributed by atoms with E-state index in [1.807, 2.05) is 24.3 Å². The molecule has 1 unspecified atom stereocenters. The molecular weight excluding hydrogens is 486 g/mol. The molecule has 2 heterocycles. The molecule has 0 bridgehead atoms. The third-order valence-corrected chi connectivity index (χ3v) is 7.75. The first kappa shape index (κ1) is 23.6. The van der Waals surface area contributed by atoms with Gasteiger partial charge < -0.3 is 4.90 Å². The highest BCUT2D eigenvalue weighted by Gasteiger charge is 2.31. The lowest BCUT2D eigenvalue weighted by Gasteiger charge is -2.36. The van der Waals surface area contributed by atoms with Crippen molar-refractivity contribution in [1.82, 2.24) is 19.3 Å². The van der Waals surface area contributed by atoms with Crippen molar-refractivity contribution in [2.24, 2.45) is 0 Å². The lowest BCUT2D eigenvalue weighted by Crippen LogP contribution is -2.49. The second-order valence-corrected chi connectivity index (χ2v) is 10.3. The third-order valence-electron chi connectivity index (χ3n) is 5.25. The molecule has 0 saturated carbocycles. The molecule has 0 spiro atoms. The number of anilines is 1. The van der Waals surface area contributed by atoms with Crippen LogP contribution in [0.2, 0.25) is 0 Å². The van der Waals surface area contributed by atoms with Gasteiger partial charge in [0.05, 0.1) is 5.75 Å². The van der Waals surface area contributed by atoms with Gasteiger partial charge in [-0.15, -0.1) is 0 Å². The molecule has 2 aromatic rings. The highest BCUT2D eigenvalue weighted by atomic mass is 79.9. The number of carbonyl (C=O) groups excluding carboxylic acids is 1. The topological polar surface area (TPSA) is 107 Å². The number of amides is 1. The van der Waals surface area contributed by atoms with E-state index in [9.17, 15) is 18.4 Å². The van der Waals surface area contributed by atoms with Crippen molar-refractivity contribution in [2.75, 3.05) is 43.4 Å². The minimum absolute atomic E-state index is 0.109. The molecule has 11 heteroatoms. The number of rotatable bonds is 10. The van der Waals surface area contributed by atoms with E-state index >= 15 is 0 Å². The van der Waals surface area contributed by atoms with Crippen LogP contribution in [0.1, 0.15) is 24.6 Å². The van der Waals surface area contributed by atoms with Gasteiger partial charge in [-0.2, -0.15) is 4.31 Å². The van der Waals surface area contributed by atoms with Crippen LogP contribution < -0.4 is 4.90 Å². The molecule has 1 atom stereocenters. The van der Waals surface area contributed by atoms with Crippen molar-refractivity contribution in [2.45, 2.75) is 18.8 Å². The Morgan fingerprint density at radius 2 is 1.77 bits per heavy atom. The maximum atomic E-state index is 13.1. The average molecular weight is 512 g/mol. The van der Waals surface area contributed by atoms with E-state index in [0.29, 0.717) is 56.3 Å². The Morgan fingerprint density at radius 3 is 2.39 bits per heavy atom. The van der Waals surface area contributed by atoms with Crippen LogP contribution in [-0.4, -0.2) is 77.8 Å². The molecule has 9 nitrogen and oxygen atoms in total. The van der Waals surface area contributed by atoms with E-state index < -0.39 is 15.9 Å². The lowest BCUT2D eigenvalue weighted by molar-refractivity contribution is -0.149. The fourth-order valence-electron chi connectivity index (χ4n) is 3.60. The SMILES string of the molecule is O=CN(O)CCCC(CS(=O)(=O)N1CCN(c2ccc(Br)cc2)CC1)c1ncccn1. The van der Waals surface area contributed by atoms with E-state index in [0.717, 1.165) is 10.2 Å². The molecule has 1 fully saturated rings. The number of sulfonamides is 1. The van der Waals surface area contributed by atoms with Gasteiger partial charge >= 0.3 is 0 Å². The normalized spacial score (nSPS) is 16.1. The van der Waals surface area contributed by atoms with Gasteiger partial charge in [0.2, 0.25) is 16.4 Å². The van der Waals surface area contributed by atoms with E-state index in [1.54, 1.807) is 18.5 Å². The standard InChI is InChI=1S/C20H26BrN5O4S/c21-18-4-6-19(7-5-18)24-11-13-26(14-12-24)31(29,30)15-17(3-1-10-25(28)16-27)20-22-8-2-9-23-20/h2,4-9,16-17,28H,1,3,10-15H2. The largest absolute Gasteiger partial charge is 0.369 e. The molecule has 1 aromatic carbocycles. The maximum absolute atomic E-state index is 13.1. The number of piperazine rings is 1. The zero-order valence-corrected chi connectivity index (χ0v) is 19.4. The molecule has 1 N–H and O–H groups in total. The molecule has 1 aliphatic rings. The summed E-state index contributed by atoms with van der Waals surface area (Å²) in [5, 5.41) is 9.87. The average Bonchev–Trinajstić information content (AvgIpc) is 2.79. The number of hydrogen-bond donors (Lipinski definition) is 1. The Labute approximate surface area is 190 Å². The van der Waals surface area contributed by atoms with Gasteiger partial charge in [0.25, 0.3) is 0 Å². The van der Waals surface area contributed by atoms with E-state index in [-0.39, 0.29) is 12.3 Å². The number of hydroxylamine groups is 2. The summed E-state index contributed by atoms with van der Waals surface area (Å²) < 4.78 is 28.8. The third kappa shape index (κ3) is 6.70. The summed E-state index contributed by atoms with van der Waals surface area (Å²) in [7, 11) is -3.53. The van der Waals surface area contributed by atoms with Gasteiger partial charge in [0.1, 0.15) is 5.82 Å². The highest BCUT2D eigenvalue weighted by molar-refractivity contribution is 9.10. The van der Waals surface area contributed by atoms with Crippen molar-refractivity contribution in [1.29, 1.82) is 0 Å². The fraction of sp³-hybridized carbons (Fsp3) is 0.450. The molecule has 1 amide bonds. The molecule has 0 radical (unpaired) electrons. The molecular formula is C20H26BrN5O4S. The van der Waals surface area contributed by atoms with Gasteiger partial charge in [-0.05, 0) is 43.2 Å². The minimum atomic E-state index is -3.53. The Kier molecular flexibility index (Phi) is 8.35. The molecule has 1 aromatic heterocycles. The summed E-state index contributed by atoms with van der Waals surface area (Å²) in [5.74, 6) is -0.0760. The summed E-state index contributed by atoms with van der Waals surface area (Å²) in [6, 6.07) is 9.65. The summed E-state index contributed by atoms with van der Waals surface area (Å²) in [6.07, 6.45) is 4.37. The van der Waals surface area contributed by atoms with Crippen LogP contribution >= 0.6 is 15.9 Å². The van der Waals surface area contributed by atoms with Crippen LogP contribution in [0, 0.1) is 0 Å². The number of aromatic nitrogens is 2. The molecule has 3 rings (SSSR count). The Morgan fingerprint density at radius 1 is 1.13 bits per heavy atom. The molecule has 31 heavy (non-hydrogen) atoms. The van der Waals surface area contributed by atoms with Crippen LogP contribution in [0.4, 0.5) is 5.69 Å². The first-order valence-electron chi connectivity index (χ1n) is 10.0. The number of carbonyl (C=O) groups is 1. The Bertz CT molecular complexity index is 938. The van der Waals surface area contributed by atoms with Gasteiger partial charge in [-0.1, -0.05) is 15.9 Å². The van der Waals surface area contributed by atoms with Gasteiger partial charge in [-0.25, -0.2) is 23.4 Å². The van der Waals surface area contributed by atoms with Crippen LogP contribution in [0.5, 0.6) is 0 Å². The van der Waals surface area contributed by atoms with Crippen molar-refractivity contribution in [3.8, 4) is 0 Å². The summed E-state index contributed by atoms with van der Waals surface area (Å²) >= 11 is 3.43. The van der Waals surface area contributed by atoms with Crippen LogP contribution in [0.15, 0.2) is 47.2 Å². The van der Waals surface area contributed by atoms with Crippen molar-refractivity contribution >= 4 is 38.1 Å². The first-order valence-corrected chi connectivity index (χ1v) is 12.5. The molecule has 1 saturated heterocycles. The monoisotopic (exact) mass is 511 g/mol. The quantitative estimate of drug-likeness (QED) is 0.295. The summed E-state index contributed by atoms with van der Waals surface area (Å²) in [6.45, 7) is 2.18. The number of halogens is 1. The zero-order valence-electron chi connectivity index (χ0n) is 17.0. The van der Waals surface area contributed by atoms with E-state index in [2.05, 4.69) is 30.8 Å². The van der Waals surface area contributed by atoms with Gasteiger partial charge in [0, 0.05) is 61.2 Å². The van der Waals surface area contributed by atoms with Gasteiger partial charge in [0.15, 0.2) is 0 Å². The van der Waals surface area contributed by atoms with Crippen LogP contribution in [0.3, 0.4) is 0 Å². The van der Waals surface area contributed by atoms with Crippen molar-refractivity contribution < 1.29 is 18.4 Å².